The molecule has 0 aliphatic rings. The van der Waals surface area contributed by atoms with E-state index in [4.69, 9.17) is 17.4 Å². The van der Waals surface area contributed by atoms with Crippen LogP contribution in [0.15, 0.2) is 12.2 Å². The molecule has 20 heavy (non-hydrogen) atoms. The summed E-state index contributed by atoms with van der Waals surface area (Å²) in [6.45, 7) is 18.5. The van der Waals surface area contributed by atoms with Gasteiger partial charge in [-0.25, -0.2) is 0 Å². The molecule has 0 heterocycles. The Hall–Kier alpha value is 0.231. The van der Waals surface area contributed by atoms with E-state index in [0.717, 1.165) is 18.0 Å². The average Bonchev–Trinajstić information content (AvgIpc) is 2.26. The molecule has 0 aromatic rings. The summed E-state index contributed by atoms with van der Waals surface area (Å²) in [6, 6.07) is 0.855. The number of ether oxygens (including phenoxy) is 1. The minimum Gasteiger partial charge on any atom is -0.419 e. The molecule has 4 nitrogen and oxygen atoms in total. The van der Waals surface area contributed by atoms with E-state index in [9.17, 15) is 0 Å². The van der Waals surface area contributed by atoms with Crippen LogP contribution in [0.4, 0.5) is 0 Å². The number of hydrogen-bond donors (Lipinski definition) is 0. The van der Waals surface area contributed by atoms with E-state index < -0.39 is 26.9 Å². The van der Waals surface area contributed by atoms with Gasteiger partial charge in [0, 0.05) is 19.3 Å². The molecule has 0 spiro atoms. The maximum absolute atomic E-state index is 6.21. The molecule has 0 saturated heterocycles. The molecule has 0 aromatic carbocycles. The fourth-order valence-electron chi connectivity index (χ4n) is 1.86. The van der Waals surface area contributed by atoms with Gasteiger partial charge in [-0.05, 0) is 46.5 Å². The van der Waals surface area contributed by atoms with Crippen molar-refractivity contribution in [1.82, 2.24) is 0 Å². The zero-order valence-corrected chi connectivity index (χ0v) is 17.3. The highest BCUT2D eigenvalue weighted by Crippen LogP contribution is 2.20. The summed E-state index contributed by atoms with van der Waals surface area (Å²) >= 11 is 0. The van der Waals surface area contributed by atoms with E-state index in [1.54, 1.807) is 0 Å². The zero-order valence-electron chi connectivity index (χ0n) is 14.0. The summed E-state index contributed by atoms with van der Waals surface area (Å²) in [7, 11) is -4.84. The third kappa shape index (κ3) is 10.0. The lowest BCUT2D eigenvalue weighted by Crippen LogP contribution is -2.51. The van der Waals surface area contributed by atoms with Crippen LogP contribution in [0.5, 0.6) is 0 Å². The molecule has 0 amide bonds. The minimum atomic E-state index is -2.48. The highest BCUT2D eigenvalue weighted by atomic mass is 28.5. The molecule has 0 N–H and O–H groups in total. The van der Waals surface area contributed by atoms with Gasteiger partial charge in [-0.2, -0.15) is 0 Å². The quantitative estimate of drug-likeness (QED) is 0.312. The maximum atomic E-state index is 6.21. The first-order valence-electron chi connectivity index (χ1n) is 7.53. The Morgan fingerprint density at radius 2 is 1.65 bits per heavy atom. The Morgan fingerprint density at radius 3 is 2.05 bits per heavy atom. The van der Waals surface area contributed by atoms with Gasteiger partial charge in [0.1, 0.15) is 0 Å². The van der Waals surface area contributed by atoms with Gasteiger partial charge < -0.3 is 17.4 Å². The predicted molar refractivity (Wildman–Crippen MR) is 92.4 cm³/mol. The van der Waals surface area contributed by atoms with Crippen LogP contribution in [-0.4, -0.2) is 46.7 Å². The van der Waals surface area contributed by atoms with Crippen LogP contribution in [0.25, 0.3) is 0 Å². The number of hydrogen-bond acceptors (Lipinski definition) is 4. The van der Waals surface area contributed by atoms with Gasteiger partial charge in [0.05, 0.1) is 6.61 Å². The van der Waals surface area contributed by atoms with E-state index >= 15 is 0 Å². The van der Waals surface area contributed by atoms with Crippen LogP contribution in [0, 0.1) is 0 Å². The van der Waals surface area contributed by atoms with Crippen molar-refractivity contribution >= 4 is 26.9 Å². The molecular formula is C13H32O4Si3. The maximum Gasteiger partial charge on any atom is 0.479 e. The van der Waals surface area contributed by atoms with Crippen molar-refractivity contribution in [3.63, 3.8) is 0 Å². The Labute approximate surface area is 129 Å². The van der Waals surface area contributed by atoms with Gasteiger partial charge >= 0.3 is 8.80 Å². The van der Waals surface area contributed by atoms with E-state index in [1.807, 2.05) is 13.8 Å². The van der Waals surface area contributed by atoms with Crippen molar-refractivity contribution in [3.05, 3.63) is 12.2 Å². The molecule has 0 aromatic heterocycles. The van der Waals surface area contributed by atoms with Crippen LogP contribution in [-0.2, 0) is 17.4 Å². The molecule has 0 atom stereocenters. The summed E-state index contributed by atoms with van der Waals surface area (Å²) in [5, 5.41) is 0. The van der Waals surface area contributed by atoms with E-state index in [0.29, 0.717) is 19.8 Å². The van der Waals surface area contributed by atoms with Gasteiger partial charge in [0.25, 0.3) is 0 Å². The summed E-state index contributed by atoms with van der Waals surface area (Å²) < 4.78 is 24.0. The smallest absolute Gasteiger partial charge is 0.419 e. The normalized spacial score (nSPS) is 12.4. The zero-order chi connectivity index (χ0) is 15.6. The summed E-state index contributed by atoms with van der Waals surface area (Å²) in [5.74, 6) is 0. The molecule has 0 radical (unpaired) electrons. The van der Waals surface area contributed by atoms with Crippen LogP contribution in [0.3, 0.4) is 0 Å². The van der Waals surface area contributed by atoms with E-state index in [1.165, 1.54) is 0 Å². The molecule has 7 heteroatoms. The first-order valence-corrected chi connectivity index (χ1v) is 15.0. The average molecular weight is 337 g/mol. The van der Waals surface area contributed by atoms with E-state index in [2.05, 4.69) is 32.8 Å². The van der Waals surface area contributed by atoms with Gasteiger partial charge in [-0.3, -0.25) is 0 Å². The van der Waals surface area contributed by atoms with Gasteiger partial charge in [-0.15, -0.1) is 0 Å². The predicted octanol–water partition coefficient (Wildman–Crippen LogP) is 2.94. The minimum absolute atomic E-state index is 0.628. The van der Waals surface area contributed by atoms with Gasteiger partial charge in [0.15, 0.2) is 18.1 Å². The Bertz CT molecular complexity index is 262. The molecule has 0 saturated carbocycles. The van der Waals surface area contributed by atoms with Crippen LogP contribution in [0.2, 0.25) is 32.2 Å². The highest BCUT2D eigenvalue weighted by Gasteiger charge is 2.41. The second-order valence-corrected chi connectivity index (χ2v) is 13.8. The molecule has 0 aliphatic heterocycles. The second kappa shape index (κ2) is 10.9. The molecule has 0 unspecified atom stereocenters. The van der Waals surface area contributed by atoms with E-state index in [-0.39, 0.29) is 0 Å². The van der Waals surface area contributed by atoms with Crippen LogP contribution in [0.1, 0.15) is 20.3 Å². The summed E-state index contributed by atoms with van der Waals surface area (Å²) in [5.41, 5.74) is 1.05. The largest absolute Gasteiger partial charge is 0.479 e. The molecule has 0 bridgehead atoms. The standard InChI is InChI=1S/C13H32O4Si3/c1-8-15-20(16-18(4)5,17-19(6)7)11-9-10-14-12-13(2)3/h18-19H,2,8-12H2,1,3-7H3. The first-order chi connectivity index (χ1) is 9.31. The lowest BCUT2D eigenvalue weighted by Gasteiger charge is -2.33. The molecule has 0 fully saturated rings. The lowest BCUT2D eigenvalue weighted by molar-refractivity contribution is 0.142. The molecule has 0 rings (SSSR count). The van der Waals surface area contributed by atoms with Crippen molar-refractivity contribution in [2.45, 2.75) is 52.5 Å². The van der Waals surface area contributed by atoms with Crippen molar-refractivity contribution in [3.8, 4) is 0 Å². The Morgan fingerprint density at radius 1 is 1.10 bits per heavy atom. The Kier molecular flexibility index (Phi) is 11.0. The molecule has 120 valence electrons. The first kappa shape index (κ1) is 20.2. The fourth-order valence-corrected chi connectivity index (χ4v) is 11.0. The highest BCUT2D eigenvalue weighted by molar-refractivity contribution is 6.75. The lowest BCUT2D eigenvalue weighted by atomic mass is 10.4. The third-order valence-corrected chi connectivity index (χ3v) is 10.7. The van der Waals surface area contributed by atoms with Crippen molar-refractivity contribution in [2.24, 2.45) is 0 Å². The number of rotatable bonds is 12. The van der Waals surface area contributed by atoms with Crippen LogP contribution >= 0.6 is 0 Å². The second-order valence-electron chi connectivity index (χ2n) is 5.56. The fraction of sp³-hybridized carbons (Fsp3) is 0.846. The SMILES string of the molecule is C=C(C)COCCC[Si](OCC)(O[SiH](C)C)O[SiH](C)C. The van der Waals surface area contributed by atoms with Gasteiger partial charge in [-0.1, -0.05) is 12.2 Å². The topological polar surface area (TPSA) is 36.9 Å². The Balaban J connectivity index is 4.43. The molecular weight excluding hydrogens is 304 g/mol. The van der Waals surface area contributed by atoms with Crippen molar-refractivity contribution in [2.75, 3.05) is 19.8 Å². The summed E-state index contributed by atoms with van der Waals surface area (Å²) in [6.07, 6.45) is 0.918. The van der Waals surface area contributed by atoms with Crippen molar-refractivity contribution in [1.29, 1.82) is 0 Å². The van der Waals surface area contributed by atoms with Gasteiger partial charge in [0.2, 0.25) is 0 Å². The monoisotopic (exact) mass is 336 g/mol. The third-order valence-electron chi connectivity index (χ3n) is 2.31. The summed E-state index contributed by atoms with van der Waals surface area (Å²) in [4.78, 5) is 0. The van der Waals surface area contributed by atoms with Crippen molar-refractivity contribution < 1.29 is 17.4 Å². The molecule has 0 aliphatic carbocycles. The van der Waals surface area contributed by atoms with Crippen LogP contribution < -0.4 is 0 Å².